The van der Waals surface area contributed by atoms with Gasteiger partial charge >= 0.3 is 0 Å². The molecule has 0 saturated carbocycles. The third kappa shape index (κ3) is 3.05. The maximum atomic E-state index is 9.50. The fraction of sp³-hybridized carbons (Fsp3) is 0.625. The summed E-state index contributed by atoms with van der Waals surface area (Å²) in [4.78, 5) is 2.16. The Kier molecular flexibility index (Phi) is 4.12. The van der Waals surface area contributed by atoms with Crippen molar-refractivity contribution in [2.45, 2.75) is 52.5 Å². The molecule has 0 aliphatic carbocycles. The minimum Gasteiger partial charge on any atom is -0.394 e. The Morgan fingerprint density at radius 2 is 1.67 bits per heavy atom. The van der Waals surface area contributed by atoms with E-state index in [2.05, 4.69) is 64.6 Å². The summed E-state index contributed by atoms with van der Waals surface area (Å²) in [6.07, 6.45) is 0. The average Bonchev–Trinajstić information content (AvgIpc) is 2.27. The van der Waals surface area contributed by atoms with Crippen LogP contribution in [-0.2, 0) is 5.41 Å². The van der Waals surface area contributed by atoms with Gasteiger partial charge in [0.05, 0.1) is 12.1 Å². The molecule has 18 heavy (non-hydrogen) atoms. The van der Waals surface area contributed by atoms with Crippen LogP contribution in [0.1, 0.15) is 45.7 Å². The molecule has 0 unspecified atom stereocenters. The third-order valence-electron chi connectivity index (χ3n) is 3.73. The van der Waals surface area contributed by atoms with Crippen molar-refractivity contribution in [3.05, 3.63) is 29.3 Å². The van der Waals surface area contributed by atoms with Gasteiger partial charge in [-0.1, -0.05) is 32.9 Å². The summed E-state index contributed by atoms with van der Waals surface area (Å²) in [5, 5.41) is 9.50. The van der Waals surface area contributed by atoms with Gasteiger partial charge in [-0.25, -0.2) is 0 Å². The van der Waals surface area contributed by atoms with Gasteiger partial charge in [-0.2, -0.15) is 0 Å². The highest BCUT2D eigenvalue weighted by atomic mass is 16.3. The average molecular weight is 249 g/mol. The molecule has 1 rings (SSSR count). The normalized spacial score (nSPS) is 12.7. The van der Waals surface area contributed by atoms with Crippen LogP contribution in [0.3, 0.4) is 0 Å². The van der Waals surface area contributed by atoms with Crippen molar-refractivity contribution in [1.82, 2.24) is 0 Å². The lowest BCUT2D eigenvalue weighted by Gasteiger charge is -2.37. The molecule has 0 bridgehead atoms. The molecule has 0 atom stereocenters. The molecule has 0 heterocycles. The van der Waals surface area contributed by atoms with Crippen molar-refractivity contribution < 1.29 is 5.11 Å². The first-order valence-corrected chi connectivity index (χ1v) is 6.55. The van der Waals surface area contributed by atoms with E-state index in [1.54, 1.807) is 0 Å². The van der Waals surface area contributed by atoms with Gasteiger partial charge in [0.2, 0.25) is 0 Å². The van der Waals surface area contributed by atoms with Gasteiger partial charge in [-0.3, -0.25) is 0 Å². The van der Waals surface area contributed by atoms with Crippen LogP contribution < -0.4 is 4.90 Å². The summed E-state index contributed by atoms with van der Waals surface area (Å²) in [5.41, 5.74) is 3.66. The van der Waals surface area contributed by atoms with Crippen molar-refractivity contribution >= 4 is 5.69 Å². The lowest BCUT2D eigenvalue weighted by molar-refractivity contribution is 0.216. The summed E-state index contributed by atoms with van der Waals surface area (Å²) in [6.45, 7) is 13.0. The van der Waals surface area contributed by atoms with Gasteiger partial charge in [0, 0.05) is 12.7 Å². The van der Waals surface area contributed by atoms with Gasteiger partial charge in [0.1, 0.15) is 0 Å². The second-order valence-electron chi connectivity index (χ2n) is 6.78. The van der Waals surface area contributed by atoms with E-state index in [-0.39, 0.29) is 17.6 Å². The van der Waals surface area contributed by atoms with E-state index in [4.69, 9.17) is 0 Å². The quantitative estimate of drug-likeness (QED) is 0.886. The van der Waals surface area contributed by atoms with Crippen molar-refractivity contribution in [2.75, 3.05) is 18.6 Å². The van der Waals surface area contributed by atoms with Crippen molar-refractivity contribution in [3.8, 4) is 0 Å². The number of hydrogen-bond acceptors (Lipinski definition) is 2. The number of nitrogens with zero attached hydrogens (tertiary/aromatic N) is 1. The van der Waals surface area contributed by atoms with Crippen LogP contribution in [-0.4, -0.2) is 24.3 Å². The van der Waals surface area contributed by atoms with Gasteiger partial charge in [-0.05, 0) is 43.4 Å². The van der Waals surface area contributed by atoms with E-state index in [0.717, 1.165) is 0 Å². The SMILES string of the molecule is Cc1ccc(C(C)(C)C)cc1N(C)C(C)(C)CO. The van der Waals surface area contributed by atoms with Gasteiger partial charge < -0.3 is 10.0 Å². The van der Waals surface area contributed by atoms with Crippen LogP contribution in [0.15, 0.2) is 18.2 Å². The highest BCUT2D eigenvalue weighted by molar-refractivity contribution is 5.57. The molecule has 0 spiro atoms. The van der Waals surface area contributed by atoms with Crippen LogP contribution >= 0.6 is 0 Å². The first kappa shape index (κ1) is 15.0. The maximum Gasteiger partial charge on any atom is 0.0658 e. The summed E-state index contributed by atoms with van der Waals surface area (Å²) in [7, 11) is 2.05. The molecule has 0 fully saturated rings. The molecule has 2 heteroatoms. The topological polar surface area (TPSA) is 23.5 Å². The molecular weight excluding hydrogens is 222 g/mol. The largest absolute Gasteiger partial charge is 0.394 e. The number of hydrogen-bond donors (Lipinski definition) is 1. The molecule has 0 aromatic heterocycles. The lowest BCUT2D eigenvalue weighted by Crippen LogP contribution is -2.44. The number of benzene rings is 1. The molecule has 2 nitrogen and oxygen atoms in total. The Bertz CT molecular complexity index is 416. The summed E-state index contributed by atoms with van der Waals surface area (Å²) >= 11 is 0. The van der Waals surface area contributed by atoms with E-state index < -0.39 is 0 Å². The summed E-state index contributed by atoms with van der Waals surface area (Å²) in [5.74, 6) is 0. The molecule has 1 aromatic carbocycles. The molecule has 0 aliphatic heterocycles. The highest BCUT2D eigenvalue weighted by Gasteiger charge is 2.25. The zero-order valence-electron chi connectivity index (χ0n) is 12.8. The number of rotatable bonds is 3. The van der Waals surface area contributed by atoms with Crippen LogP contribution in [0.25, 0.3) is 0 Å². The first-order valence-electron chi connectivity index (χ1n) is 6.55. The number of aliphatic hydroxyl groups is 1. The fourth-order valence-electron chi connectivity index (χ4n) is 1.87. The predicted octanol–water partition coefficient (Wildman–Crippen LogP) is 3.50. The Hall–Kier alpha value is -1.02. The third-order valence-corrected chi connectivity index (χ3v) is 3.73. The predicted molar refractivity (Wildman–Crippen MR) is 79.4 cm³/mol. The Labute approximate surface area is 112 Å². The zero-order chi connectivity index (χ0) is 14.1. The van der Waals surface area contributed by atoms with E-state index in [0.29, 0.717) is 0 Å². The molecule has 1 aromatic rings. The molecule has 102 valence electrons. The standard InChI is InChI=1S/C16H27NO/c1-12-8-9-13(15(2,3)4)10-14(12)17(7)16(5,6)11-18/h8-10,18H,11H2,1-7H3. The van der Waals surface area contributed by atoms with Crippen LogP contribution in [0, 0.1) is 6.92 Å². The monoisotopic (exact) mass is 249 g/mol. The number of anilines is 1. The van der Waals surface area contributed by atoms with Crippen LogP contribution in [0.5, 0.6) is 0 Å². The molecule has 0 radical (unpaired) electrons. The lowest BCUT2D eigenvalue weighted by atomic mass is 9.86. The van der Waals surface area contributed by atoms with Crippen LogP contribution in [0.2, 0.25) is 0 Å². The van der Waals surface area contributed by atoms with Crippen molar-refractivity contribution in [2.24, 2.45) is 0 Å². The van der Waals surface area contributed by atoms with Crippen molar-refractivity contribution in [1.29, 1.82) is 0 Å². The molecule has 1 N–H and O–H groups in total. The van der Waals surface area contributed by atoms with Gasteiger partial charge in [-0.15, -0.1) is 0 Å². The number of likely N-dealkylation sites (N-methyl/N-ethyl adjacent to an activating group) is 1. The molecule has 0 amide bonds. The minimum atomic E-state index is -0.249. The smallest absolute Gasteiger partial charge is 0.0658 e. The van der Waals surface area contributed by atoms with Gasteiger partial charge in [0.25, 0.3) is 0 Å². The van der Waals surface area contributed by atoms with E-state index >= 15 is 0 Å². The zero-order valence-corrected chi connectivity index (χ0v) is 12.8. The summed E-state index contributed by atoms with van der Waals surface area (Å²) in [6, 6.07) is 6.60. The molecular formula is C16H27NO. The van der Waals surface area contributed by atoms with E-state index in [1.165, 1.54) is 16.8 Å². The Morgan fingerprint density at radius 3 is 2.11 bits per heavy atom. The van der Waals surface area contributed by atoms with Crippen molar-refractivity contribution in [3.63, 3.8) is 0 Å². The maximum absolute atomic E-state index is 9.50. The molecule has 0 aliphatic rings. The van der Waals surface area contributed by atoms with Gasteiger partial charge in [0.15, 0.2) is 0 Å². The second-order valence-corrected chi connectivity index (χ2v) is 6.78. The molecule has 0 saturated heterocycles. The van der Waals surface area contributed by atoms with E-state index in [9.17, 15) is 5.11 Å². The minimum absolute atomic E-state index is 0.142. The summed E-state index contributed by atoms with van der Waals surface area (Å²) < 4.78 is 0. The number of aryl methyl sites for hydroxylation is 1. The second kappa shape index (κ2) is 4.93. The number of aliphatic hydroxyl groups excluding tert-OH is 1. The Balaban J connectivity index is 3.24. The van der Waals surface area contributed by atoms with E-state index in [1.807, 2.05) is 7.05 Å². The fourth-order valence-corrected chi connectivity index (χ4v) is 1.87. The highest BCUT2D eigenvalue weighted by Crippen LogP contribution is 2.31. The van der Waals surface area contributed by atoms with Crippen LogP contribution in [0.4, 0.5) is 5.69 Å². The Morgan fingerprint density at radius 1 is 1.11 bits per heavy atom. The first-order chi connectivity index (χ1) is 8.09.